The van der Waals surface area contributed by atoms with Crippen LogP contribution in [0.2, 0.25) is 0 Å². The van der Waals surface area contributed by atoms with Gasteiger partial charge in [-0.1, -0.05) is 12.1 Å². The molecule has 0 aromatic heterocycles. The Kier molecular flexibility index (Phi) is 5.10. The summed E-state index contributed by atoms with van der Waals surface area (Å²) in [6.45, 7) is 0.836. The van der Waals surface area contributed by atoms with Gasteiger partial charge in [-0.15, -0.1) is 0 Å². The number of nitrogens with zero attached hydrogens (tertiary/aromatic N) is 2. The Morgan fingerprint density at radius 3 is 2.48 bits per heavy atom. The van der Waals surface area contributed by atoms with E-state index in [9.17, 15) is 28.4 Å². The highest BCUT2D eigenvalue weighted by Crippen LogP contribution is 2.30. The lowest BCUT2D eigenvalue weighted by molar-refractivity contribution is -0.385. The van der Waals surface area contributed by atoms with E-state index < -0.39 is 26.5 Å². The summed E-state index contributed by atoms with van der Waals surface area (Å²) < 4.78 is 26.6. The van der Waals surface area contributed by atoms with Crippen molar-refractivity contribution in [1.82, 2.24) is 4.31 Å². The van der Waals surface area contributed by atoms with Crippen molar-refractivity contribution in [1.29, 1.82) is 0 Å². The zero-order valence-corrected chi connectivity index (χ0v) is 15.0. The minimum absolute atomic E-state index is 0.0694. The molecule has 27 heavy (non-hydrogen) atoms. The Bertz CT molecular complexity index is 999. The van der Waals surface area contributed by atoms with E-state index in [1.54, 1.807) is 0 Å². The Labute approximate surface area is 155 Å². The third kappa shape index (κ3) is 3.76. The molecule has 3 rings (SSSR count). The van der Waals surface area contributed by atoms with Gasteiger partial charge in [-0.05, 0) is 37.1 Å². The van der Waals surface area contributed by atoms with E-state index in [0.29, 0.717) is 13.1 Å². The number of carbonyl (C=O) groups excluding carboxylic acids is 1. The van der Waals surface area contributed by atoms with Crippen LogP contribution in [0.25, 0.3) is 0 Å². The van der Waals surface area contributed by atoms with E-state index >= 15 is 0 Å². The first-order valence-corrected chi connectivity index (χ1v) is 9.62. The molecular weight excluding hydrogens is 374 g/mol. The molecule has 1 heterocycles. The van der Waals surface area contributed by atoms with Crippen molar-refractivity contribution in [3.05, 3.63) is 58.1 Å². The molecule has 2 aromatic carbocycles. The molecule has 142 valence electrons. The van der Waals surface area contributed by atoms with Crippen LogP contribution in [0.15, 0.2) is 47.4 Å². The number of hydrogen-bond acceptors (Lipinski definition) is 6. The van der Waals surface area contributed by atoms with Crippen molar-refractivity contribution >= 4 is 27.3 Å². The van der Waals surface area contributed by atoms with E-state index in [1.807, 2.05) is 0 Å². The molecule has 0 spiro atoms. The molecule has 1 fully saturated rings. The molecule has 0 aliphatic carbocycles. The van der Waals surface area contributed by atoms with Crippen molar-refractivity contribution < 1.29 is 23.2 Å². The third-order valence-electron chi connectivity index (χ3n) is 4.26. The first kappa shape index (κ1) is 18.8. The van der Waals surface area contributed by atoms with Crippen LogP contribution in [0.4, 0.5) is 11.4 Å². The Hall–Kier alpha value is -2.98. The number of phenols is 1. The van der Waals surface area contributed by atoms with Gasteiger partial charge in [0.05, 0.1) is 15.5 Å². The number of nitro benzene ring substituents is 1. The van der Waals surface area contributed by atoms with Gasteiger partial charge in [0.25, 0.3) is 11.6 Å². The van der Waals surface area contributed by atoms with Crippen LogP contribution >= 0.6 is 0 Å². The average Bonchev–Trinajstić information content (AvgIpc) is 3.19. The molecule has 1 aliphatic heterocycles. The van der Waals surface area contributed by atoms with Gasteiger partial charge in [-0.2, -0.15) is 4.31 Å². The molecule has 2 aromatic rings. The molecule has 0 bridgehead atoms. The smallest absolute Gasteiger partial charge is 0.282 e. The maximum Gasteiger partial charge on any atom is 0.282 e. The second-order valence-corrected chi connectivity index (χ2v) is 7.96. The highest BCUT2D eigenvalue weighted by molar-refractivity contribution is 7.89. The first-order chi connectivity index (χ1) is 12.8. The predicted molar refractivity (Wildman–Crippen MR) is 97.1 cm³/mol. The standard InChI is InChI=1S/C17H17N3O6S/c21-16-8-7-12(27(25,26)19-9-3-4-10-19)11-14(16)18-17(22)13-5-1-2-6-15(13)20(23)24/h1-2,5-8,11,21H,3-4,9-10H2,(H,18,22). The first-order valence-electron chi connectivity index (χ1n) is 8.18. The van der Waals surface area contributed by atoms with Crippen molar-refractivity contribution in [2.75, 3.05) is 18.4 Å². The molecular formula is C17H17N3O6S. The van der Waals surface area contributed by atoms with Gasteiger partial charge in [0.2, 0.25) is 10.0 Å². The average molecular weight is 391 g/mol. The van der Waals surface area contributed by atoms with E-state index in [-0.39, 0.29) is 21.9 Å². The fourth-order valence-corrected chi connectivity index (χ4v) is 4.41. The Morgan fingerprint density at radius 1 is 1.15 bits per heavy atom. The number of carbonyl (C=O) groups is 1. The normalized spacial score (nSPS) is 14.8. The number of para-hydroxylation sites is 1. The number of benzene rings is 2. The van der Waals surface area contributed by atoms with Gasteiger partial charge < -0.3 is 10.4 Å². The number of anilines is 1. The van der Waals surface area contributed by atoms with E-state index in [2.05, 4.69) is 5.32 Å². The molecule has 1 saturated heterocycles. The number of phenolic OH excluding ortho intramolecular Hbond substituents is 1. The largest absolute Gasteiger partial charge is 0.506 e. The van der Waals surface area contributed by atoms with Gasteiger partial charge in [0.1, 0.15) is 11.3 Å². The quantitative estimate of drug-likeness (QED) is 0.457. The second kappa shape index (κ2) is 7.33. The topological polar surface area (TPSA) is 130 Å². The van der Waals surface area contributed by atoms with Crippen LogP contribution in [0.3, 0.4) is 0 Å². The lowest BCUT2D eigenvalue weighted by Gasteiger charge is -2.16. The summed E-state index contributed by atoms with van der Waals surface area (Å²) in [6.07, 6.45) is 1.55. The van der Waals surface area contributed by atoms with Crippen LogP contribution in [-0.4, -0.2) is 41.7 Å². The zero-order valence-electron chi connectivity index (χ0n) is 14.2. The second-order valence-electron chi connectivity index (χ2n) is 6.02. The summed E-state index contributed by atoms with van der Waals surface area (Å²) in [4.78, 5) is 22.7. The molecule has 1 aliphatic rings. The van der Waals surface area contributed by atoms with Crippen LogP contribution in [0.1, 0.15) is 23.2 Å². The van der Waals surface area contributed by atoms with Crippen LogP contribution in [-0.2, 0) is 10.0 Å². The van der Waals surface area contributed by atoms with Gasteiger partial charge >= 0.3 is 0 Å². The van der Waals surface area contributed by atoms with Gasteiger partial charge in [0.15, 0.2) is 0 Å². The maximum atomic E-state index is 12.6. The summed E-state index contributed by atoms with van der Waals surface area (Å²) in [5.41, 5.74) is -0.733. The molecule has 0 saturated carbocycles. The van der Waals surface area contributed by atoms with E-state index in [4.69, 9.17) is 0 Å². The number of sulfonamides is 1. The number of nitro groups is 1. The summed E-state index contributed by atoms with van der Waals surface area (Å²) >= 11 is 0. The Balaban J connectivity index is 1.92. The van der Waals surface area contributed by atoms with Gasteiger partial charge in [-0.25, -0.2) is 8.42 Å². The lowest BCUT2D eigenvalue weighted by atomic mass is 10.1. The summed E-state index contributed by atoms with van der Waals surface area (Å²) in [5.74, 6) is -1.17. The molecule has 10 heteroatoms. The van der Waals surface area contributed by atoms with E-state index in [0.717, 1.165) is 25.0 Å². The molecule has 0 atom stereocenters. The van der Waals surface area contributed by atoms with Crippen molar-refractivity contribution in [2.24, 2.45) is 0 Å². The Morgan fingerprint density at radius 2 is 1.81 bits per heavy atom. The maximum absolute atomic E-state index is 12.6. The van der Waals surface area contributed by atoms with Gasteiger partial charge in [-0.3, -0.25) is 14.9 Å². The monoisotopic (exact) mass is 391 g/mol. The summed E-state index contributed by atoms with van der Waals surface area (Å²) in [7, 11) is -3.74. The summed E-state index contributed by atoms with van der Waals surface area (Å²) in [5, 5.41) is 23.4. The number of amides is 1. The van der Waals surface area contributed by atoms with E-state index in [1.165, 1.54) is 34.6 Å². The van der Waals surface area contributed by atoms with Crippen molar-refractivity contribution in [3.63, 3.8) is 0 Å². The SMILES string of the molecule is O=C(Nc1cc(S(=O)(=O)N2CCCC2)ccc1O)c1ccccc1[N+](=O)[O-]. The number of nitrogens with one attached hydrogen (secondary N) is 1. The lowest BCUT2D eigenvalue weighted by Crippen LogP contribution is -2.28. The molecule has 0 radical (unpaired) electrons. The highest BCUT2D eigenvalue weighted by Gasteiger charge is 2.28. The van der Waals surface area contributed by atoms with Crippen molar-refractivity contribution in [3.8, 4) is 5.75 Å². The number of rotatable bonds is 5. The molecule has 0 unspecified atom stereocenters. The van der Waals surface area contributed by atoms with Crippen LogP contribution in [0, 0.1) is 10.1 Å². The zero-order chi connectivity index (χ0) is 19.6. The van der Waals surface area contributed by atoms with Crippen LogP contribution < -0.4 is 5.32 Å². The minimum atomic E-state index is -3.74. The van der Waals surface area contributed by atoms with Gasteiger partial charge in [0, 0.05) is 19.2 Å². The number of aromatic hydroxyl groups is 1. The molecule has 9 nitrogen and oxygen atoms in total. The summed E-state index contributed by atoms with van der Waals surface area (Å²) in [6, 6.07) is 8.92. The number of hydrogen-bond donors (Lipinski definition) is 2. The fraction of sp³-hybridized carbons (Fsp3) is 0.235. The third-order valence-corrected chi connectivity index (χ3v) is 6.16. The predicted octanol–water partition coefficient (Wildman–Crippen LogP) is 2.34. The molecule has 2 N–H and O–H groups in total. The minimum Gasteiger partial charge on any atom is -0.506 e. The highest BCUT2D eigenvalue weighted by atomic mass is 32.2. The molecule has 1 amide bonds. The van der Waals surface area contributed by atoms with Crippen molar-refractivity contribution in [2.45, 2.75) is 17.7 Å². The van der Waals surface area contributed by atoms with Crippen LogP contribution in [0.5, 0.6) is 5.75 Å². The fourth-order valence-electron chi connectivity index (χ4n) is 2.87.